The average Bonchev–Trinajstić information content (AvgIpc) is 2.73. The zero-order chi connectivity index (χ0) is 23.0. The molecule has 7 nitrogen and oxygen atoms in total. The molecule has 0 bridgehead atoms. The van der Waals surface area contributed by atoms with Gasteiger partial charge >= 0.3 is 0 Å². The van der Waals surface area contributed by atoms with E-state index in [1.807, 2.05) is 31.2 Å². The van der Waals surface area contributed by atoms with Gasteiger partial charge in [0.1, 0.15) is 16.4 Å². The SMILES string of the molecule is CCOc1ccc(OCCS[C@@H](C)C(=O)Nc2ccc(Cl)c(S(=O)(=O)N(C)C)c2)cc1. The molecule has 0 unspecified atom stereocenters. The van der Waals surface area contributed by atoms with Gasteiger partial charge in [0.2, 0.25) is 15.9 Å². The summed E-state index contributed by atoms with van der Waals surface area (Å²) in [6.45, 7) is 4.77. The number of benzene rings is 2. The lowest BCUT2D eigenvalue weighted by Crippen LogP contribution is -2.25. The number of nitrogens with one attached hydrogen (secondary N) is 1. The number of carbonyl (C=O) groups is 1. The quantitative estimate of drug-likeness (QED) is 0.481. The Morgan fingerprint density at radius 1 is 1.13 bits per heavy atom. The van der Waals surface area contributed by atoms with E-state index >= 15 is 0 Å². The van der Waals surface area contributed by atoms with E-state index in [0.29, 0.717) is 24.7 Å². The van der Waals surface area contributed by atoms with Crippen molar-refractivity contribution in [2.75, 3.05) is 38.4 Å². The number of thioether (sulfide) groups is 1. The third kappa shape index (κ3) is 7.31. The second kappa shape index (κ2) is 11.6. The van der Waals surface area contributed by atoms with E-state index in [0.717, 1.165) is 15.8 Å². The molecule has 0 aliphatic carbocycles. The number of carbonyl (C=O) groups excluding carboxylic acids is 1. The Balaban J connectivity index is 1.86. The second-order valence-electron chi connectivity index (χ2n) is 6.69. The molecule has 0 aromatic heterocycles. The van der Waals surface area contributed by atoms with Crippen LogP contribution in [0.2, 0.25) is 5.02 Å². The molecule has 1 atom stereocenters. The standard InChI is InChI=1S/C21H27ClN2O5S2/c1-5-28-17-7-9-18(10-8-17)29-12-13-30-15(2)21(25)23-16-6-11-19(22)20(14-16)31(26,27)24(3)4/h6-11,14-15H,5,12-13H2,1-4H3,(H,23,25)/t15-/m0/s1. The molecular formula is C21H27ClN2O5S2. The summed E-state index contributed by atoms with van der Waals surface area (Å²) in [5.41, 5.74) is 0.368. The Bertz CT molecular complexity index is 982. The van der Waals surface area contributed by atoms with Gasteiger partial charge in [-0.05, 0) is 56.3 Å². The van der Waals surface area contributed by atoms with Crippen LogP contribution in [-0.2, 0) is 14.8 Å². The number of rotatable bonds is 11. The molecule has 0 spiro atoms. The number of anilines is 1. The summed E-state index contributed by atoms with van der Waals surface area (Å²) in [6.07, 6.45) is 0. The fraction of sp³-hybridized carbons (Fsp3) is 0.381. The first kappa shape index (κ1) is 25.3. The van der Waals surface area contributed by atoms with Crippen molar-refractivity contribution in [1.82, 2.24) is 4.31 Å². The summed E-state index contributed by atoms with van der Waals surface area (Å²) in [7, 11) is -0.872. The molecule has 0 heterocycles. The van der Waals surface area contributed by atoms with E-state index in [9.17, 15) is 13.2 Å². The highest BCUT2D eigenvalue weighted by atomic mass is 35.5. The Kier molecular flexibility index (Phi) is 9.49. The third-order valence-electron chi connectivity index (χ3n) is 4.18. The highest BCUT2D eigenvalue weighted by Gasteiger charge is 2.22. The van der Waals surface area contributed by atoms with Crippen LogP contribution in [0.25, 0.3) is 0 Å². The van der Waals surface area contributed by atoms with Gasteiger partial charge in [-0.25, -0.2) is 12.7 Å². The summed E-state index contributed by atoms with van der Waals surface area (Å²) in [6, 6.07) is 11.8. The molecule has 1 amide bonds. The van der Waals surface area contributed by atoms with Crippen LogP contribution in [0.3, 0.4) is 0 Å². The van der Waals surface area contributed by atoms with Crippen LogP contribution < -0.4 is 14.8 Å². The molecular weight excluding hydrogens is 460 g/mol. The lowest BCUT2D eigenvalue weighted by molar-refractivity contribution is -0.115. The van der Waals surface area contributed by atoms with Gasteiger partial charge in [-0.3, -0.25) is 4.79 Å². The Labute approximate surface area is 193 Å². The maximum atomic E-state index is 12.5. The van der Waals surface area contributed by atoms with Crippen molar-refractivity contribution in [3.8, 4) is 11.5 Å². The average molecular weight is 487 g/mol. The van der Waals surface area contributed by atoms with Gasteiger partial charge in [-0.15, -0.1) is 11.8 Å². The fourth-order valence-corrected chi connectivity index (χ4v) is 4.62. The normalized spacial score (nSPS) is 12.5. The molecule has 2 aromatic carbocycles. The molecule has 0 saturated heterocycles. The first-order valence-corrected chi connectivity index (χ1v) is 12.5. The summed E-state index contributed by atoms with van der Waals surface area (Å²) in [4.78, 5) is 12.4. The molecule has 1 N–H and O–H groups in total. The third-order valence-corrected chi connectivity index (χ3v) is 7.59. The largest absolute Gasteiger partial charge is 0.494 e. The zero-order valence-corrected chi connectivity index (χ0v) is 20.3. The van der Waals surface area contributed by atoms with Crippen molar-refractivity contribution < 1.29 is 22.7 Å². The van der Waals surface area contributed by atoms with Crippen LogP contribution in [0.1, 0.15) is 13.8 Å². The van der Waals surface area contributed by atoms with E-state index < -0.39 is 10.0 Å². The Morgan fingerprint density at radius 2 is 1.74 bits per heavy atom. The van der Waals surface area contributed by atoms with Gasteiger partial charge < -0.3 is 14.8 Å². The van der Waals surface area contributed by atoms with Gasteiger partial charge in [0, 0.05) is 25.5 Å². The van der Waals surface area contributed by atoms with Crippen molar-refractivity contribution in [3.05, 3.63) is 47.5 Å². The summed E-state index contributed by atoms with van der Waals surface area (Å²) >= 11 is 7.48. The minimum atomic E-state index is -3.72. The van der Waals surface area contributed by atoms with Crippen LogP contribution in [0.4, 0.5) is 5.69 Å². The fourth-order valence-electron chi connectivity index (χ4n) is 2.48. The maximum Gasteiger partial charge on any atom is 0.244 e. The van der Waals surface area contributed by atoms with Crippen LogP contribution in [0, 0.1) is 0 Å². The molecule has 2 aromatic rings. The monoisotopic (exact) mass is 486 g/mol. The number of amides is 1. The van der Waals surface area contributed by atoms with Crippen LogP contribution in [0.5, 0.6) is 11.5 Å². The minimum Gasteiger partial charge on any atom is -0.494 e. The highest BCUT2D eigenvalue weighted by molar-refractivity contribution is 8.00. The number of hydrogen-bond acceptors (Lipinski definition) is 6. The molecule has 170 valence electrons. The summed E-state index contributed by atoms with van der Waals surface area (Å²) in [5, 5.41) is 2.49. The van der Waals surface area contributed by atoms with E-state index in [1.54, 1.807) is 13.0 Å². The summed E-state index contributed by atoms with van der Waals surface area (Å²) < 4.78 is 36.9. The minimum absolute atomic E-state index is 0.0546. The molecule has 0 fully saturated rings. The van der Waals surface area contributed by atoms with Crippen molar-refractivity contribution >= 4 is 45.0 Å². The maximum absolute atomic E-state index is 12.5. The van der Waals surface area contributed by atoms with E-state index in [-0.39, 0.29) is 21.1 Å². The van der Waals surface area contributed by atoms with Crippen molar-refractivity contribution in [2.24, 2.45) is 0 Å². The van der Waals surface area contributed by atoms with Gasteiger partial charge in [0.05, 0.1) is 23.5 Å². The van der Waals surface area contributed by atoms with Crippen LogP contribution in [-0.4, -0.2) is 56.9 Å². The van der Waals surface area contributed by atoms with E-state index in [4.69, 9.17) is 21.1 Å². The molecule has 31 heavy (non-hydrogen) atoms. The molecule has 0 radical (unpaired) electrons. The van der Waals surface area contributed by atoms with Gasteiger partial charge in [-0.1, -0.05) is 11.6 Å². The predicted molar refractivity (Wildman–Crippen MR) is 126 cm³/mol. The van der Waals surface area contributed by atoms with Gasteiger partial charge in [0.15, 0.2) is 0 Å². The lowest BCUT2D eigenvalue weighted by atomic mass is 10.3. The smallest absolute Gasteiger partial charge is 0.244 e. The number of ether oxygens (including phenoxy) is 2. The first-order chi connectivity index (χ1) is 14.6. The lowest BCUT2D eigenvalue weighted by Gasteiger charge is -2.16. The molecule has 0 aliphatic rings. The highest BCUT2D eigenvalue weighted by Crippen LogP contribution is 2.27. The number of hydrogen-bond donors (Lipinski definition) is 1. The second-order valence-corrected chi connectivity index (χ2v) is 10.7. The van der Waals surface area contributed by atoms with Gasteiger partial charge in [-0.2, -0.15) is 0 Å². The number of sulfonamides is 1. The van der Waals surface area contributed by atoms with E-state index in [1.165, 1.54) is 38.0 Å². The predicted octanol–water partition coefficient (Wildman–Crippen LogP) is 4.13. The van der Waals surface area contributed by atoms with Crippen molar-refractivity contribution in [2.45, 2.75) is 24.0 Å². The zero-order valence-electron chi connectivity index (χ0n) is 17.9. The summed E-state index contributed by atoms with van der Waals surface area (Å²) in [5.74, 6) is 1.90. The van der Waals surface area contributed by atoms with Crippen LogP contribution >= 0.6 is 23.4 Å². The van der Waals surface area contributed by atoms with Crippen LogP contribution in [0.15, 0.2) is 47.4 Å². The molecule has 0 aliphatic heterocycles. The van der Waals surface area contributed by atoms with Crippen molar-refractivity contribution in [1.29, 1.82) is 0 Å². The number of halogens is 1. The first-order valence-electron chi connectivity index (χ1n) is 9.65. The molecule has 2 rings (SSSR count). The Morgan fingerprint density at radius 3 is 2.32 bits per heavy atom. The van der Waals surface area contributed by atoms with Gasteiger partial charge in [0.25, 0.3) is 0 Å². The molecule has 10 heteroatoms. The van der Waals surface area contributed by atoms with E-state index in [2.05, 4.69) is 5.32 Å². The topological polar surface area (TPSA) is 84.9 Å². The van der Waals surface area contributed by atoms with Crippen molar-refractivity contribution in [3.63, 3.8) is 0 Å². The number of nitrogens with zero attached hydrogens (tertiary/aromatic N) is 1. The molecule has 0 saturated carbocycles. The Hall–Kier alpha value is -1.94.